The molecule has 0 amide bonds. The van der Waals surface area contributed by atoms with Crippen LogP contribution in [0.15, 0.2) is 11.8 Å². The molecular weight excluding hydrogens is 412 g/mol. The van der Waals surface area contributed by atoms with Crippen molar-refractivity contribution in [1.29, 1.82) is 0 Å². The molecule has 0 aromatic rings. The minimum Gasteiger partial charge on any atom is -0.472 e. The fourth-order valence-electron chi connectivity index (χ4n) is 7.46. The Kier molecular flexibility index (Phi) is 5.25. The second-order valence-electron chi connectivity index (χ2n) is 11.9. The zero-order valence-electron chi connectivity index (χ0n) is 19.9. The van der Waals surface area contributed by atoms with Gasteiger partial charge in [0.15, 0.2) is 6.10 Å². The van der Waals surface area contributed by atoms with E-state index in [0.29, 0.717) is 32.0 Å². The minimum absolute atomic E-state index is 0.00985. The van der Waals surface area contributed by atoms with E-state index in [1.165, 1.54) is 0 Å². The molecule has 2 N–H and O–H groups in total. The molecular formula is C25H38O7. The van der Waals surface area contributed by atoms with Gasteiger partial charge in [-0.15, -0.1) is 0 Å². The highest BCUT2D eigenvalue weighted by atomic mass is 16.7. The molecule has 1 saturated heterocycles. The number of aliphatic hydroxyl groups is 2. The molecule has 5 aliphatic rings. The summed E-state index contributed by atoms with van der Waals surface area (Å²) in [5.74, 6) is 0.0515. The molecule has 5 rings (SSSR count). The molecule has 1 unspecified atom stereocenters. The summed E-state index contributed by atoms with van der Waals surface area (Å²) in [6.45, 7) is 10.8. The maximum absolute atomic E-state index is 13.3. The fourth-order valence-corrected chi connectivity index (χ4v) is 7.46. The molecule has 2 aliphatic heterocycles. The van der Waals surface area contributed by atoms with Crippen molar-refractivity contribution in [3.8, 4) is 0 Å². The molecule has 32 heavy (non-hydrogen) atoms. The second-order valence-corrected chi connectivity index (χ2v) is 11.9. The monoisotopic (exact) mass is 450 g/mol. The van der Waals surface area contributed by atoms with Crippen LogP contribution >= 0.6 is 0 Å². The number of rotatable bonds is 8. The number of hydrogen-bond acceptors (Lipinski definition) is 7. The van der Waals surface area contributed by atoms with Gasteiger partial charge in [-0.25, -0.2) is 0 Å². The van der Waals surface area contributed by atoms with Gasteiger partial charge in [-0.1, -0.05) is 13.8 Å². The van der Waals surface area contributed by atoms with Crippen molar-refractivity contribution in [2.24, 2.45) is 34.5 Å². The van der Waals surface area contributed by atoms with E-state index in [4.69, 9.17) is 18.9 Å². The number of carbonyl (C=O) groups is 1. The Morgan fingerprint density at radius 2 is 2.00 bits per heavy atom. The lowest BCUT2D eigenvalue weighted by Gasteiger charge is -2.51. The van der Waals surface area contributed by atoms with Gasteiger partial charge < -0.3 is 29.2 Å². The number of hydrogen-bond donors (Lipinski definition) is 2. The van der Waals surface area contributed by atoms with Crippen LogP contribution in [0.2, 0.25) is 0 Å². The Labute approximate surface area is 190 Å². The van der Waals surface area contributed by atoms with Crippen LogP contribution in [-0.4, -0.2) is 59.6 Å². The maximum atomic E-state index is 13.3. The van der Waals surface area contributed by atoms with Crippen molar-refractivity contribution in [3.05, 3.63) is 11.8 Å². The highest BCUT2D eigenvalue weighted by Gasteiger charge is 2.81. The van der Waals surface area contributed by atoms with Gasteiger partial charge in [-0.2, -0.15) is 0 Å². The zero-order chi connectivity index (χ0) is 23.1. The average molecular weight is 451 g/mol. The second kappa shape index (κ2) is 7.42. The normalized spacial score (nSPS) is 46.2. The average Bonchev–Trinajstić information content (AvgIpc) is 3.08. The molecule has 3 aliphatic carbocycles. The van der Waals surface area contributed by atoms with Gasteiger partial charge in [-0.05, 0) is 52.4 Å². The number of ether oxygens (including phenoxy) is 4. The molecule has 1 spiro atoms. The number of carbonyl (C=O) groups excluding carboxylic acids is 1. The molecule has 0 radical (unpaired) electrons. The number of esters is 1. The standard InChI is InChI=1S/C25H38O7/c1-13(2)6-8-29-18-15-11-25-14-10-17(26)20(25)24(15,5)22(27)32-19(18)16(25)12-31-21(14)30-9-7-23(3,4)28/h12-15,17-21,26,28H,6-11H2,1-5H3/t14?,15-,17+,18-,19+,20-,21+,24+,25-/m0/s1. The molecule has 9 atom stereocenters. The third-order valence-corrected chi connectivity index (χ3v) is 8.94. The van der Waals surface area contributed by atoms with Crippen LogP contribution in [0.5, 0.6) is 0 Å². The Balaban J connectivity index is 1.47. The van der Waals surface area contributed by atoms with Gasteiger partial charge >= 0.3 is 5.97 Å². The Morgan fingerprint density at radius 3 is 2.69 bits per heavy atom. The lowest BCUT2D eigenvalue weighted by Crippen LogP contribution is -2.58. The Bertz CT molecular complexity index is 801. The summed E-state index contributed by atoms with van der Waals surface area (Å²) in [6, 6.07) is 0. The van der Waals surface area contributed by atoms with E-state index in [-0.39, 0.29) is 35.2 Å². The van der Waals surface area contributed by atoms with Crippen molar-refractivity contribution in [1.82, 2.24) is 0 Å². The van der Waals surface area contributed by atoms with E-state index < -0.39 is 29.5 Å². The van der Waals surface area contributed by atoms with Crippen LogP contribution in [0.3, 0.4) is 0 Å². The number of aliphatic hydroxyl groups excluding tert-OH is 1. The van der Waals surface area contributed by atoms with E-state index in [1.54, 1.807) is 20.1 Å². The summed E-state index contributed by atoms with van der Waals surface area (Å²) in [5, 5.41) is 21.3. The molecule has 3 saturated carbocycles. The first-order valence-corrected chi connectivity index (χ1v) is 12.2. The molecule has 7 heteroatoms. The van der Waals surface area contributed by atoms with E-state index in [9.17, 15) is 15.0 Å². The quantitative estimate of drug-likeness (QED) is 0.549. The first-order valence-electron chi connectivity index (χ1n) is 12.2. The van der Waals surface area contributed by atoms with Gasteiger partial charge in [0.2, 0.25) is 6.29 Å². The molecule has 7 nitrogen and oxygen atoms in total. The summed E-state index contributed by atoms with van der Waals surface area (Å²) in [6.07, 6.45) is 2.71. The topological polar surface area (TPSA) is 94.5 Å². The van der Waals surface area contributed by atoms with Crippen LogP contribution in [0.1, 0.15) is 60.3 Å². The van der Waals surface area contributed by atoms with Gasteiger partial charge in [-0.3, -0.25) is 4.79 Å². The minimum atomic E-state index is -0.817. The van der Waals surface area contributed by atoms with E-state index in [0.717, 1.165) is 18.4 Å². The molecule has 2 heterocycles. The van der Waals surface area contributed by atoms with Crippen LogP contribution in [0, 0.1) is 34.5 Å². The van der Waals surface area contributed by atoms with Crippen LogP contribution in [0.4, 0.5) is 0 Å². The first kappa shape index (κ1) is 22.6. The zero-order valence-corrected chi connectivity index (χ0v) is 19.9. The van der Waals surface area contributed by atoms with E-state index >= 15 is 0 Å². The van der Waals surface area contributed by atoms with Gasteiger partial charge in [0.05, 0.1) is 30.0 Å². The molecule has 180 valence electrons. The van der Waals surface area contributed by atoms with Crippen LogP contribution < -0.4 is 0 Å². The van der Waals surface area contributed by atoms with Crippen LogP contribution in [-0.2, 0) is 23.7 Å². The largest absolute Gasteiger partial charge is 0.472 e. The summed E-state index contributed by atoms with van der Waals surface area (Å²) in [5.41, 5.74) is -1.00. The van der Waals surface area contributed by atoms with Gasteiger partial charge in [0.1, 0.15) is 6.10 Å². The van der Waals surface area contributed by atoms with Crippen molar-refractivity contribution in [2.75, 3.05) is 13.2 Å². The van der Waals surface area contributed by atoms with Crippen molar-refractivity contribution < 1.29 is 34.0 Å². The Morgan fingerprint density at radius 1 is 1.25 bits per heavy atom. The van der Waals surface area contributed by atoms with Crippen molar-refractivity contribution >= 4 is 5.97 Å². The summed E-state index contributed by atoms with van der Waals surface area (Å²) in [7, 11) is 0. The highest BCUT2D eigenvalue weighted by molar-refractivity contribution is 5.81. The Hall–Kier alpha value is -1.15. The van der Waals surface area contributed by atoms with E-state index in [1.807, 2.05) is 6.92 Å². The molecule has 3 bridgehead atoms. The summed E-state index contributed by atoms with van der Waals surface area (Å²) in [4.78, 5) is 13.3. The smallest absolute Gasteiger partial charge is 0.313 e. The third-order valence-electron chi connectivity index (χ3n) is 8.94. The van der Waals surface area contributed by atoms with Gasteiger partial charge in [0, 0.05) is 35.3 Å². The van der Waals surface area contributed by atoms with Gasteiger partial charge in [0.25, 0.3) is 0 Å². The van der Waals surface area contributed by atoms with Crippen LogP contribution in [0.25, 0.3) is 0 Å². The summed E-state index contributed by atoms with van der Waals surface area (Å²) >= 11 is 0. The fraction of sp³-hybridized carbons (Fsp3) is 0.880. The summed E-state index contributed by atoms with van der Waals surface area (Å²) < 4.78 is 24.6. The SMILES string of the molecule is CC(C)CCO[C@@H]1[C@@H]2OC(=O)[C@]3(C)[C@H]1C[C@@]14C2=CO[C@@H](OCCC(C)(C)O)C1C[C@@H](O)[C@@H]34. The lowest BCUT2D eigenvalue weighted by atomic mass is 9.61. The molecule has 0 aromatic carbocycles. The lowest BCUT2D eigenvalue weighted by molar-refractivity contribution is -0.210. The van der Waals surface area contributed by atoms with Crippen molar-refractivity contribution in [3.63, 3.8) is 0 Å². The molecule has 4 fully saturated rings. The third kappa shape index (κ3) is 3.04. The van der Waals surface area contributed by atoms with Crippen molar-refractivity contribution in [2.45, 2.75) is 90.5 Å². The van der Waals surface area contributed by atoms with E-state index in [2.05, 4.69) is 13.8 Å². The first-order chi connectivity index (χ1) is 15.0. The maximum Gasteiger partial charge on any atom is 0.313 e. The predicted octanol–water partition coefficient (Wildman–Crippen LogP) is 2.78. The number of fused-ring (bicyclic) bond motifs is 3. The molecule has 0 aromatic heterocycles. The predicted molar refractivity (Wildman–Crippen MR) is 115 cm³/mol. The highest BCUT2D eigenvalue weighted by Crippen LogP contribution is 2.77.